The fourth-order valence-corrected chi connectivity index (χ4v) is 2.67. The summed E-state index contributed by atoms with van der Waals surface area (Å²) < 4.78 is 0. The van der Waals surface area contributed by atoms with Crippen LogP contribution >= 0.6 is 46.6 Å². The molecule has 2 N–H and O–H groups in total. The van der Waals surface area contributed by atoms with Crippen molar-refractivity contribution in [3.05, 3.63) is 27.2 Å². The molecule has 20 heavy (non-hydrogen) atoms. The molecule has 1 amide bonds. The molecule has 0 spiro atoms. The maximum absolute atomic E-state index is 11.7. The summed E-state index contributed by atoms with van der Waals surface area (Å²) in [5.74, 6) is -1.17. The molecule has 1 aromatic rings. The summed E-state index contributed by atoms with van der Waals surface area (Å²) in [4.78, 5) is 22.3. The van der Waals surface area contributed by atoms with E-state index in [2.05, 4.69) is 5.32 Å². The lowest BCUT2D eigenvalue weighted by molar-refractivity contribution is -0.140. The van der Waals surface area contributed by atoms with Gasteiger partial charge >= 0.3 is 5.97 Å². The van der Waals surface area contributed by atoms with Gasteiger partial charge in [0.2, 0.25) is 5.91 Å². The summed E-state index contributed by atoms with van der Waals surface area (Å²) in [6, 6.07) is 2.91. The topological polar surface area (TPSA) is 66.4 Å². The first-order valence-corrected chi connectivity index (χ1v) is 7.85. The summed E-state index contributed by atoms with van der Waals surface area (Å²) in [7, 11) is 0. The zero-order valence-corrected chi connectivity index (χ0v) is 13.5. The number of carbonyl (C=O) groups excluding carboxylic acids is 1. The molecule has 0 radical (unpaired) electrons. The fraction of sp³-hybridized carbons (Fsp3) is 0.333. The van der Waals surface area contributed by atoms with E-state index in [4.69, 9.17) is 39.9 Å². The Morgan fingerprint density at radius 3 is 2.45 bits per heavy atom. The predicted molar refractivity (Wildman–Crippen MR) is 84.2 cm³/mol. The molecule has 0 saturated carbocycles. The van der Waals surface area contributed by atoms with Crippen molar-refractivity contribution in [3.63, 3.8) is 0 Å². The van der Waals surface area contributed by atoms with Crippen LogP contribution in [0.5, 0.6) is 0 Å². The van der Waals surface area contributed by atoms with E-state index in [1.807, 2.05) is 0 Å². The molecule has 0 heterocycles. The van der Waals surface area contributed by atoms with Gasteiger partial charge in [-0.15, -0.1) is 0 Å². The Labute approximate surface area is 135 Å². The molecule has 0 aliphatic heterocycles. The average Bonchev–Trinajstić information content (AvgIpc) is 2.35. The molecular formula is C12H12Cl3NO3S. The lowest BCUT2D eigenvalue weighted by Crippen LogP contribution is -2.17. The highest BCUT2D eigenvalue weighted by Crippen LogP contribution is 2.32. The van der Waals surface area contributed by atoms with Crippen LogP contribution in [0.4, 0.5) is 5.69 Å². The molecule has 1 unspecified atom stereocenters. The molecule has 4 nitrogen and oxygen atoms in total. The van der Waals surface area contributed by atoms with E-state index in [0.29, 0.717) is 21.5 Å². The van der Waals surface area contributed by atoms with Gasteiger partial charge in [-0.25, -0.2) is 0 Å². The minimum absolute atomic E-state index is 0.133. The number of hydrogen-bond acceptors (Lipinski definition) is 3. The highest BCUT2D eigenvalue weighted by Gasteiger charge is 2.13. The van der Waals surface area contributed by atoms with Crippen molar-refractivity contribution in [1.82, 2.24) is 0 Å². The van der Waals surface area contributed by atoms with Crippen LogP contribution in [0.2, 0.25) is 15.1 Å². The molecule has 0 aliphatic carbocycles. The quantitative estimate of drug-likeness (QED) is 0.755. The first kappa shape index (κ1) is 17.4. The van der Waals surface area contributed by atoms with Crippen LogP contribution in [0.25, 0.3) is 0 Å². The van der Waals surface area contributed by atoms with Crippen LogP contribution in [0.15, 0.2) is 12.1 Å². The molecule has 0 saturated heterocycles. The minimum atomic E-state index is -0.884. The summed E-state index contributed by atoms with van der Waals surface area (Å²) in [5.41, 5.74) is 0.373. The van der Waals surface area contributed by atoms with Gasteiger partial charge in [0.1, 0.15) is 0 Å². The third kappa shape index (κ3) is 5.40. The van der Waals surface area contributed by atoms with Gasteiger partial charge in [-0.05, 0) is 12.1 Å². The molecule has 1 atom stereocenters. The van der Waals surface area contributed by atoms with E-state index in [1.165, 1.54) is 23.9 Å². The highest BCUT2D eigenvalue weighted by molar-refractivity contribution is 8.00. The van der Waals surface area contributed by atoms with E-state index in [0.717, 1.165) is 0 Å². The van der Waals surface area contributed by atoms with Gasteiger partial charge in [-0.2, -0.15) is 11.8 Å². The maximum atomic E-state index is 11.7. The number of rotatable bonds is 6. The van der Waals surface area contributed by atoms with E-state index in [9.17, 15) is 9.59 Å². The zero-order valence-electron chi connectivity index (χ0n) is 10.5. The lowest BCUT2D eigenvalue weighted by atomic mass is 10.2. The molecule has 0 aromatic heterocycles. The summed E-state index contributed by atoms with van der Waals surface area (Å²) in [5, 5.41) is 12.2. The van der Waals surface area contributed by atoms with E-state index in [1.54, 1.807) is 6.92 Å². The Morgan fingerprint density at radius 1 is 1.25 bits per heavy atom. The number of benzene rings is 1. The van der Waals surface area contributed by atoms with Gasteiger partial charge in [0.05, 0.1) is 32.4 Å². The number of carboxylic acids is 1. The van der Waals surface area contributed by atoms with Gasteiger partial charge < -0.3 is 10.4 Å². The average molecular weight is 357 g/mol. The Bertz CT molecular complexity index is 525. The van der Waals surface area contributed by atoms with Crippen LogP contribution in [-0.4, -0.2) is 28.5 Å². The van der Waals surface area contributed by atoms with Crippen molar-refractivity contribution in [2.75, 3.05) is 16.8 Å². The van der Waals surface area contributed by atoms with Crippen LogP contribution in [0.1, 0.15) is 6.92 Å². The van der Waals surface area contributed by atoms with Crippen LogP contribution in [0.3, 0.4) is 0 Å². The van der Waals surface area contributed by atoms with E-state index in [-0.39, 0.29) is 16.7 Å². The second kappa shape index (κ2) is 7.98. The number of hydrogen-bond donors (Lipinski definition) is 2. The van der Waals surface area contributed by atoms with Crippen molar-refractivity contribution in [1.29, 1.82) is 0 Å². The van der Waals surface area contributed by atoms with Crippen molar-refractivity contribution in [2.45, 2.75) is 6.92 Å². The Balaban J connectivity index is 2.51. The van der Waals surface area contributed by atoms with Gasteiger partial charge in [0.15, 0.2) is 0 Å². The smallest absolute Gasteiger partial charge is 0.307 e. The van der Waals surface area contributed by atoms with Crippen LogP contribution in [-0.2, 0) is 9.59 Å². The standard InChI is InChI=1S/C12H12Cl3NO3S/c1-6(12(18)19)4-20-5-11(17)16-10-3-8(14)7(13)2-9(10)15/h2-3,6H,4-5H2,1H3,(H,16,17)(H,18,19). The number of thioether (sulfide) groups is 1. The normalized spacial score (nSPS) is 12.0. The number of carboxylic acid groups (broad SMARTS) is 1. The van der Waals surface area contributed by atoms with Crippen LogP contribution < -0.4 is 5.32 Å². The van der Waals surface area contributed by atoms with Crippen molar-refractivity contribution in [2.24, 2.45) is 5.92 Å². The largest absolute Gasteiger partial charge is 0.481 e. The third-order valence-electron chi connectivity index (χ3n) is 2.31. The molecule has 110 valence electrons. The molecular weight excluding hydrogens is 345 g/mol. The van der Waals surface area contributed by atoms with Gasteiger partial charge in [0.25, 0.3) is 0 Å². The summed E-state index contributed by atoms with van der Waals surface area (Å²) in [6.45, 7) is 1.59. The monoisotopic (exact) mass is 355 g/mol. The maximum Gasteiger partial charge on any atom is 0.307 e. The Kier molecular flexibility index (Phi) is 6.95. The molecule has 8 heteroatoms. The van der Waals surface area contributed by atoms with Crippen molar-refractivity contribution >= 4 is 64.1 Å². The third-order valence-corrected chi connectivity index (χ3v) is 4.54. The SMILES string of the molecule is CC(CSCC(=O)Nc1cc(Cl)c(Cl)cc1Cl)C(=O)O. The van der Waals surface area contributed by atoms with Gasteiger partial charge in [0, 0.05) is 5.75 Å². The number of aliphatic carboxylic acids is 1. The molecule has 1 rings (SSSR count). The van der Waals surface area contributed by atoms with E-state index < -0.39 is 11.9 Å². The second-order valence-electron chi connectivity index (χ2n) is 4.05. The first-order chi connectivity index (χ1) is 9.31. The second-order valence-corrected chi connectivity index (χ2v) is 6.30. The highest BCUT2D eigenvalue weighted by atomic mass is 35.5. The summed E-state index contributed by atoms with van der Waals surface area (Å²) in [6.07, 6.45) is 0. The van der Waals surface area contributed by atoms with E-state index >= 15 is 0 Å². The Morgan fingerprint density at radius 2 is 1.85 bits per heavy atom. The lowest BCUT2D eigenvalue weighted by Gasteiger charge is -2.09. The molecule has 0 aliphatic rings. The minimum Gasteiger partial charge on any atom is -0.481 e. The van der Waals surface area contributed by atoms with Gasteiger partial charge in [-0.1, -0.05) is 41.7 Å². The molecule has 0 bridgehead atoms. The number of carbonyl (C=O) groups is 2. The fourth-order valence-electron chi connectivity index (χ4n) is 1.20. The Hall–Kier alpha value is -0.620. The number of anilines is 1. The summed E-state index contributed by atoms with van der Waals surface area (Å²) >= 11 is 18.8. The van der Waals surface area contributed by atoms with Crippen LogP contribution in [0, 0.1) is 5.92 Å². The first-order valence-electron chi connectivity index (χ1n) is 5.56. The number of amides is 1. The van der Waals surface area contributed by atoms with Gasteiger partial charge in [-0.3, -0.25) is 9.59 Å². The van der Waals surface area contributed by atoms with Crippen molar-refractivity contribution < 1.29 is 14.7 Å². The number of nitrogens with one attached hydrogen (secondary N) is 1. The predicted octanol–water partition coefficient (Wildman–Crippen LogP) is 4.04. The number of halogens is 3. The molecule has 0 fully saturated rings. The van der Waals surface area contributed by atoms with Crippen molar-refractivity contribution in [3.8, 4) is 0 Å². The molecule has 1 aromatic carbocycles. The zero-order chi connectivity index (χ0) is 15.3.